The van der Waals surface area contributed by atoms with Gasteiger partial charge in [0.05, 0.1) is 0 Å². The van der Waals surface area contributed by atoms with Gasteiger partial charge in [-0.25, -0.2) is 0 Å². The van der Waals surface area contributed by atoms with Crippen molar-refractivity contribution in [1.82, 2.24) is 0 Å². The van der Waals surface area contributed by atoms with Crippen LogP contribution < -0.4 is 0 Å². The minimum atomic E-state index is 0.616. The molecule has 2 aliphatic rings. The average Bonchev–Trinajstić information content (AvgIpc) is 2.43. The molecular weight excluding hydrogens is 240 g/mol. The minimum Gasteiger partial charge on any atom is -0.0599 e. The van der Waals surface area contributed by atoms with Crippen LogP contribution in [0.4, 0.5) is 0 Å². The van der Waals surface area contributed by atoms with Gasteiger partial charge in [-0.1, -0.05) is 97.3 Å². The maximum Gasteiger partial charge on any atom is -0.0354 e. The molecule has 2 fully saturated rings. The first-order valence-electron chi connectivity index (χ1n) is 9.67. The molecule has 0 spiro atoms. The second-order valence-electron chi connectivity index (χ2n) is 8.52. The predicted octanol–water partition coefficient (Wildman–Crippen LogP) is 7.12. The highest BCUT2D eigenvalue weighted by molar-refractivity contribution is 4.78. The lowest BCUT2D eigenvalue weighted by molar-refractivity contribution is 0.248. The summed E-state index contributed by atoms with van der Waals surface area (Å²) in [5.74, 6) is 2.14. The van der Waals surface area contributed by atoms with Crippen LogP contribution in [0.1, 0.15) is 110 Å². The quantitative estimate of drug-likeness (QED) is 0.442. The fraction of sp³-hybridized carbons (Fsp3) is 1.00. The molecule has 0 N–H and O–H groups in total. The molecular formula is C20H38. The molecule has 2 atom stereocenters. The van der Waals surface area contributed by atoms with Crippen LogP contribution >= 0.6 is 0 Å². The summed E-state index contributed by atoms with van der Waals surface area (Å²) < 4.78 is 0. The zero-order chi connectivity index (χ0) is 14.3. The summed E-state index contributed by atoms with van der Waals surface area (Å²) in [4.78, 5) is 0. The number of fused-ring (bicyclic) bond motifs is 1. The molecule has 0 aromatic rings. The predicted molar refractivity (Wildman–Crippen MR) is 90.0 cm³/mol. The average molecular weight is 279 g/mol. The SMILES string of the molecule is CC1(C)CCCC2CCCCCCCCCC2CCC1. The Kier molecular flexibility index (Phi) is 6.91. The van der Waals surface area contributed by atoms with Gasteiger partial charge >= 0.3 is 0 Å². The molecule has 0 aromatic heterocycles. The summed E-state index contributed by atoms with van der Waals surface area (Å²) in [7, 11) is 0. The Hall–Kier alpha value is 0. The minimum absolute atomic E-state index is 0.616. The highest BCUT2D eigenvalue weighted by atomic mass is 14.3. The van der Waals surface area contributed by atoms with Crippen LogP contribution in [0.2, 0.25) is 0 Å². The van der Waals surface area contributed by atoms with E-state index in [2.05, 4.69) is 13.8 Å². The molecule has 2 aliphatic carbocycles. The molecule has 0 aliphatic heterocycles. The van der Waals surface area contributed by atoms with E-state index in [0.717, 1.165) is 11.8 Å². The number of hydrogen-bond donors (Lipinski definition) is 0. The first-order chi connectivity index (χ1) is 9.67. The van der Waals surface area contributed by atoms with Gasteiger partial charge < -0.3 is 0 Å². The fourth-order valence-electron chi connectivity index (χ4n) is 4.74. The number of rotatable bonds is 0. The summed E-state index contributed by atoms with van der Waals surface area (Å²) in [6.07, 6.45) is 22.7. The maximum absolute atomic E-state index is 2.50. The Balaban J connectivity index is 1.94. The van der Waals surface area contributed by atoms with Crippen molar-refractivity contribution in [3.05, 3.63) is 0 Å². The summed E-state index contributed by atoms with van der Waals surface area (Å²) in [6, 6.07) is 0. The van der Waals surface area contributed by atoms with Crippen molar-refractivity contribution in [3.8, 4) is 0 Å². The van der Waals surface area contributed by atoms with Gasteiger partial charge in [0.25, 0.3) is 0 Å². The molecule has 0 saturated heterocycles. The Bertz CT molecular complexity index is 229. The highest BCUT2D eigenvalue weighted by Crippen LogP contribution is 2.39. The zero-order valence-electron chi connectivity index (χ0n) is 14.3. The van der Waals surface area contributed by atoms with Crippen LogP contribution in [0.15, 0.2) is 0 Å². The topological polar surface area (TPSA) is 0 Å². The van der Waals surface area contributed by atoms with Gasteiger partial charge in [0.2, 0.25) is 0 Å². The third kappa shape index (κ3) is 5.78. The van der Waals surface area contributed by atoms with E-state index in [1.807, 2.05) is 0 Å². The molecule has 0 nitrogen and oxygen atoms in total. The molecule has 118 valence electrons. The van der Waals surface area contributed by atoms with Crippen LogP contribution in [-0.4, -0.2) is 0 Å². The second kappa shape index (κ2) is 8.44. The monoisotopic (exact) mass is 278 g/mol. The second-order valence-corrected chi connectivity index (χ2v) is 8.52. The molecule has 2 saturated carbocycles. The third-order valence-electron chi connectivity index (χ3n) is 6.17. The molecule has 2 unspecified atom stereocenters. The van der Waals surface area contributed by atoms with E-state index in [4.69, 9.17) is 0 Å². The first-order valence-corrected chi connectivity index (χ1v) is 9.67. The van der Waals surface area contributed by atoms with E-state index in [0.29, 0.717) is 5.41 Å². The lowest BCUT2D eigenvalue weighted by atomic mass is 9.79. The summed E-state index contributed by atoms with van der Waals surface area (Å²) in [6.45, 7) is 5.00. The standard InChI is InChI=1S/C20H38/c1-20(2)16-10-14-18-12-8-6-4-3-5-7-9-13-19(18)15-11-17-20/h18-19H,3-17H2,1-2H3. The molecule has 0 radical (unpaired) electrons. The van der Waals surface area contributed by atoms with Crippen molar-refractivity contribution in [2.45, 2.75) is 110 Å². The van der Waals surface area contributed by atoms with Gasteiger partial charge in [0.15, 0.2) is 0 Å². The molecule has 0 aromatic carbocycles. The maximum atomic E-state index is 2.50. The van der Waals surface area contributed by atoms with Gasteiger partial charge in [0, 0.05) is 0 Å². The molecule has 0 heterocycles. The molecule has 0 heteroatoms. The van der Waals surface area contributed by atoms with E-state index in [1.54, 1.807) is 12.8 Å². The van der Waals surface area contributed by atoms with Crippen LogP contribution in [-0.2, 0) is 0 Å². The van der Waals surface area contributed by atoms with Crippen molar-refractivity contribution in [2.75, 3.05) is 0 Å². The van der Waals surface area contributed by atoms with Crippen molar-refractivity contribution in [1.29, 1.82) is 0 Å². The van der Waals surface area contributed by atoms with Crippen molar-refractivity contribution in [2.24, 2.45) is 17.3 Å². The largest absolute Gasteiger partial charge is 0.0599 e. The zero-order valence-corrected chi connectivity index (χ0v) is 14.3. The fourth-order valence-corrected chi connectivity index (χ4v) is 4.74. The van der Waals surface area contributed by atoms with E-state index >= 15 is 0 Å². The van der Waals surface area contributed by atoms with Gasteiger partial charge in [-0.3, -0.25) is 0 Å². The van der Waals surface area contributed by atoms with Crippen molar-refractivity contribution in [3.63, 3.8) is 0 Å². The van der Waals surface area contributed by atoms with Gasteiger partial charge in [-0.15, -0.1) is 0 Å². The Morgan fingerprint density at radius 1 is 0.500 bits per heavy atom. The van der Waals surface area contributed by atoms with Crippen LogP contribution in [0.5, 0.6) is 0 Å². The highest BCUT2D eigenvalue weighted by Gasteiger charge is 2.26. The molecule has 20 heavy (non-hydrogen) atoms. The van der Waals surface area contributed by atoms with Crippen LogP contribution in [0.3, 0.4) is 0 Å². The van der Waals surface area contributed by atoms with E-state index in [-0.39, 0.29) is 0 Å². The van der Waals surface area contributed by atoms with Crippen molar-refractivity contribution < 1.29 is 0 Å². The Morgan fingerprint density at radius 3 is 1.30 bits per heavy atom. The summed E-state index contributed by atoms with van der Waals surface area (Å²) in [5.41, 5.74) is 0.616. The smallest absolute Gasteiger partial charge is 0.0354 e. The lowest BCUT2D eigenvalue weighted by Crippen LogP contribution is -2.15. The van der Waals surface area contributed by atoms with Gasteiger partial charge in [0.1, 0.15) is 0 Å². The lowest BCUT2D eigenvalue weighted by Gasteiger charge is -2.27. The molecule has 0 bridgehead atoms. The van der Waals surface area contributed by atoms with E-state index in [9.17, 15) is 0 Å². The normalized spacial score (nSPS) is 33.9. The van der Waals surface area contributed by atoms with E-state index < -0.39 is 0 Å². The first kappa shape index (κ1) is 16.4. The summed E-state index contributed by atoms with van der Waals surface area (Å²) in [5, 5.41) is 0. The molecule has 0 amide bonds. The van der Waals surface area contributed by atoms with Gasteiger partial charge in [-0.05, 0) is 30.1 Å². The third-order valence-corrected chi connectivity index (χ3v) is 6.17. The number of hydrogen-bond acceptors (Lipinski definition) is 0. The Labute approximate surface area is 128 Å². The van der Waals surface area contributed by atoms with Crippen LogP contribution in [0.25, 0.3) is 0 Å². The Morgan fingerprint density at radius 2 is 0.850 bits per heavy atom. The van der Waals surface area contributed by atoms with E-state index in [1.165, 1.54) is 83.5 Å². The van der Waals surface area contributed by atoms with Crippen LogP contribution in [0, 0.1) is 17.3 Å². The van der Waals surface area contributed by atoms with Gasteiger partial charge in [-0.2, -0.15) is 0 Å². The summed E-state index contributed by atoms with van der Waals surface area (Å²) >= 11 is 0. The molecule has 2 rings (SSSR count). The van der Waals surface area contributed by atoms with Crippen molar-refractivity contribution >= 4 is 0 Å².